The van der Waals surface area contributed by atoms with Crippen LogP contribution in [0, 0.1) is 11.7 Å². The first-order valence-corrected chi connectivity index (χ1v) is 10.2. The summed E-state index contributed by atoms with van der Waals surface area (Å²) < 4.78 is 28.2. The van der Waals surface area contributed by atoms with Crippen LogP contribution >= 0.6 is 11.6 Å². The molecule has 2 fully saturated rings. The molecular weight excluding hydrogens is 387 g/mol. The number of rotatable bonds is 3. The standard InChI is InChI=1S/C12H22N2O2.C8H6ClFO2/c1-13-5-2-11(3-6-13)4-7-14-8-9-16-10-12(14)15;9-6-3-5(10)4-7-8(6)12-2-1-11-7/h11H,2-10H2,1H3;3-4H,1-2H2. The van der Waals surface area contributed by atoms with Crippen LogP contribution in [0.15, 0.2) is 12.1 Å². The van der Waals surface area contributed by atoms with E-state index in [4.69, 9.17) is 25.8 Å². The largest absolute Gasteiger partial charge is 0.486 e. The van der Waals surface area contributed by atoms with Crippen LogP contribution in [-0.4, -0.2) is 75.4 Å². The van der Waals surface area contributed by atoms with Gasteiger partial charge in [-0.25, -0.2) is 4.39 Å². The molecule has 1 amide bonds. The van der Waals surface area contributed by atoms with Gasteiger partial charge in [0.05, 0.1) is 11.6 Å². The highest BCUT2D eigenvalue weighted by Gasteiger charge is 2.21. The molecular formula is C20H28ClFN2O4. The van der Waals surface area contributed by atoms with E-state index in [0.717, 1.165) is 19.0 Å². The van der Waals surface area contributed by atoms with Gasteiger partial charge in [-0.05, 0) is 51.4 Å². The average Bonchev–Trinajstić information content (AvgIpc) is 2.69. The molecule has 0 spiro atoms. The quantitative estimate of drug-likeness (QED) is 0.761. The number of nitrogens with zero attached hydrogens (tertiary/aromatic N) is 2. The van der Waals surface area contributed by atoms with E-state index in [9.17, 15) is 9.18 Å². The van der Waals surface area contributed by atoms with Crippen LogP contribution in [0.3, 0.4) is 0 Å². The Morgan fingerprint density at radius 3 is 2.64 bits per heavy atom. The first-order chi connectivity index (χ1) is 13.5. The number of carbonyl (C=O) groups excluding carboxylic acids is 1. The minimum atomic E-state index is -0.413. The van der Waals surface area contributed by atoms with Gasteiger partial charge in [0, 0.05) is 19.2 Å². The highest BCUT2D eigenvalue weighted by Crippen LogP contribution is 2.37. The van der Waals surface area contributed by atoms with Crippen molar-refractivity contribution in [3.8, 4) is 11.5 Å². The zero-order valence-corrected chi connectivity index (χ0v) is 17.0. The zero-order chi connectivity index (χ0) is 19.9. The molecule has 3 aliphatic rings. The summed E-state index contributed by atoms with van der Waals surface area (Å²) in [7, 11) is 2.18. The summed E-state index contributed by atoms with van der Waals surface area (Å²) in [6, 6.07) is 2.47. The Kier molecular flexibility index (Phi) is 7.76. The molecule has 0 bridgehead atoms. The fraction of sp³-hybridized carbons (Fsp3) is 0.650. The summed E-state index contributed by atoms with van der Waals surface area (Å²) >= 11 is 5.70. The maximum Gasteiger partial charge on any atom is 0.248 e. The van der Waals surface area contributed by atoms with Gasteiger partial charge in [-0.3, -0.25) is 4.79 Å². The maximum absolute atomic E-state index is 12.7. The van der Waals surface area contributed by atoms with Gasteiger partial charge in [0.15, 0.2) is 11.5 Å². The molecule has 2 saturated heterocycles. The van der Waals surface area contributed by atoms with E-state index < -0.39 is 5.82 Å². The number of benzene rings is 1. The van der Waals surface area contributed by atoms with Gasteiger partial charge in [-0.15, -0.1) is 0 Å². The Labute approximate surface area is 170 Å². The molecule has 1 aromatic carbocycles. The van der Waals surface area contributed by atoms with Crippen molar-refractivity contribution in [2.24, 2.45) is 5.92 Å². The van der Waals surface area contributed by atoms with Crippen molar-refractivity contribution in [2.45, 2.75) is 19.3 Å². The molecule has 0 N–H and O–H groups in total. The summed E-state index contributed by atoms with van der Waals surface area (Å²) in [5.74, 6) is 1.38. The van der Waals surface area contributed by atoms with Crippen molar-refractivity contribution < 1.29 is 23.4 Å². The number of carbonyl (C=O) groups is 1. The average molecular weight is 415 g/mol. The molecule has 3 aliphatic heterocycles. The molecule has 0 atom stereocenters. The number of amides is 1. The number of likely N-dealkylation sites (tertiary alicyclic amines) is 1. The number of morpholine rings is 1. The second-order valence-corrected chi connectivity index (χ2v) is 7.79. The second kappa shape index (κ2) is 10.3. The van der Waals surface area contributed by atoms with Crippen molar-refractivity contribution >= 4 is 17.5 Å². The molecule has 0 aromatic heterocycles. The first-order valence-electron chi connectivity index (χ1n) is 9.81. The lowest BCUT2D eigenvalue weighted by atomic mass is 9.93. The predicted molar refractivity (Wildman–Crippen MR) is 105 cm³/mol. The van der Waals surface area contributed by atoms with Gasteiger partial charge in [-0.2, -0.15) is 0 Å². The van der Waals surface area contributed by atoms with E-state index in [1.54, 1.807) is 0 Å². The SMILES string of the molecule is CN1CCC(CCN2CCOCC2=O)CC1.Fc1cc(Cl)c2c(c1)OCCO2. The van der Waals surface area contributed by atoms with Gasteiger partial charge in [0.25, 0.3) is 0 Å². The number of hydrogen-bond donors (Lipinski definition) is 0. The third-order valence-corrected chi connectivity index (χ3v) is 5.57. The van der Waals surface area contributed by atoms with Gasteiger partial charge < -0.3 is 24.0 Å². The van der Waals surface area contributed by atoms with Crippen LogP contribution in [0.25, 0.3) is 0 Å². The van der Waals surface area contributed by atoms with E-state index in [0.29, 0.717) is 31.3 Å². The maximum atomic E-state index is 12.7. The number of halogens is 2. The molecule has 0 radical (unpaired) electrons. The van der Waals surface area contributed by atoms with Crippen molar-refractivity contribution in [1.82, 2.24) is 9.80 Å². The van der Waals surface area contributed by atoms with E-state index in [-0.39, 0.29) is 17.5 Å². The smallest absolute Gasteiger partial charge is 0.248 e. The van der Waals surface area contributed by atoms with Crippen LogP contribution in [0.5, 0.6) is 11.5 Å². The third-order valence-electron chi connectivity index (χ3n) is 5.29. The Morgan fingerprint density at radius 2 is 1.89 bits per heavy atom. The minimum absolute atomic E-state index is 0.166. The number of hydrogen-bond acceptors (Lipinski definition) is 5. The molecule has 0 unspecified atom stereocenters. The fourth-order valence-electron chi connectivity index (χ4n) is 3.56. The van der Waals surface area contributed by atoms with Crippen molar-refractivity contribution in [1.29, 1.82) is 0 Å². The lowest BCUT2D eigenvalue weighted by Gasteiger charge is -2.32. The predicted octanol–water partition coefficient (Wildman–Crippen LogP) is 2.83. The van der Waals surface area contributed by atoms with Crippen LogP contribution < -0.4 is 9.47 Å². The number of ether oxygens (including phenoxy) is 3. The second-order valence-electron chi connectivity index (χ2n) is 7.38. The van der Waals surface area contributed by atoms with Gasteiger partial charge >= 0.3 is 0 Å². The van der Waals surface area contributed by atoms with E-state index in [1.807, 2.05) is 4.90 Å². The van der Waals surface area contributed by atoms with Crippen LogP contribution in [-0.2, 0) is 9.53 Å². The van der Waals surface area contributed by atoms with Crippen LogP contribution in [0.2, 0.25) is 5.02 Å². The van der Waals surface area contributed by atoms with E-state index in [1.165, 1.54) is 44.5 Å². The number of fused-ring (bicyclic) bond motifs is 1. The highest BCUT2D eigenvalue weighted by atomic mass is 35.5. The molecule has 8 heteroatoms. The summed E-state index contributed by atoms with van der Waals surface area (Å²) in [5, 5.41) is 0.254. The zero-order valence-electron chi connectivity index (χ0n) is 16.3. The van der Waals surface area contributed by atoms with Gasteiger partial charge in [-0.1, -0.05) is 11.6 Å². The van der Waals surface area contributed by atoms with Gasteiger partial charge in [0.2, 0.25) is 5.91 Å². The van der Waals surface area contributed by atoms with E-state index >= 15 is 0 Å². The lowest BCUT2D eigenvalue weighted by molar-refractivity contribution is -0.142. The van der Waals surface area contributed by atoms with Crippen molar-refractivity contribution in [3.63, 3.8) is 0 Å². The Hall–Kier alpha value is -1.57. The Balaban J connectivity index is 0.000000167. The van der Waals surface area contributed by atoms with Crippen LogP contribution in [0.4, 0.5) is 4.39 Å². The minimum Gasteiger partial charge on any atom is -0.486 e. The molecule has 156 valence electrons. The summed E-state index contributed by atoms with van der Waals surface area (Å²) in [4.78, 5) is 15.9. The summed E-state index contributed by atoms with van der Waals surface area (Å²) in [6.07, 6.45) is 3.74. The van der Waals surface area contributed by atoms with E-state index in [2.05, 4.69) is 11.9 Å². The normalized spacial score (nSPS) is 20.5. The van der Waals surface area contributed by atoms with Crippen LogP contribution in [0.1, 0.15) is 19.3 Å². The van der Waals surface area contributed by atoms with Crippen molar-refractivity contribution in [2.75, 3.05) is 59.7 Å². The Bertz CT molecular complexity index is 668. The molecule has 1 aromatic rings. The summed E-state index contributed by atoms with van der Waals surface area (Å²) in [6.45, 7) is 6.02. The van der Waals surface area contributed by atoms with Gasteiger partial charge in [0.1, 0.15) is 25.6 Å². The molecule has 6 nitrogen and oxygen atoms in total. The first kappa shape index (κ1) is 21.1. The Morgan fingerprint density at radius 1 is 1.14 bits per heavy atom. The number of piperidine rings is 1. The topological polar surface area (TPSA) is 51.2 Å². The molecule has 28 heavy (non-hydrogen) atoms. The molecule has 4 rings (SSSR count). The van der Waals surface area contributed by atoms with Crippen molar-refractivity contribution in [3.05, 3.63) is 23.0 Å². The fourth-order valence-corrected chi connectivity index (χ4v) is 3.81. The highest BCUT2D eigenvalue weighted by molar-refractivity contribution is 6.32. The molecule has 3 heterocycles. The molecule has 0 aliphatic carbocycles. The molecule has 0 saturated carbocycles. The summed E-state index contributed by atoms with van der Waals surface area (Å²) in [5.41, 5.74) is 0. The monoisotopic (exact) mass is 414 g/mol. The lowest BCUT2D eigenvalue weighted by Crippen LogP contribution is -2.43. The third kappa shape index (κ3) is 5.96.